The minimum atomic E-state index is -0.335. The van der Waals surface area contributed by atoms with Crippen molar-refractivity contribution < 1.29 is 5.11 Å². The van der Waals surface area contributed by atoms with E-state index in [1.54, 1.807) is 0 Å². The lowest BCUT2D eigenvalue weighted by atomic mass is 9.83. The topological polar surface area (TPSA) is 32.3 Å². The fraction of sp³-hybridized carbons (Fsp3) is 1.00. The summed E-state index contributed by atoms with van der Waals surface area (Å²) in [4.78, 5) is 0. The lowest BCUT2D eigenvalue weighted by Crippen LogP contribution is -2.48. The summed E-state index contributed by atoms with van der Waals surface area (Å²) in [6.07, 6.45) is 17.9. The first-order chi connectivity index (χ1) is 9.72. The standard InChI is InChI=1S/C18H35NO/c1-2-3-4-5-6-7-8-9-10-13-18(20)14-16-11-12-17(15-18)19-16/h16-17,19-20H,2-15H2,1H3. The number of unbranched alkanes of at least 4 members (excludes halogenated alkanes) is 8. The Balaban J connectivity index is 1.47. The Morgan fingerprint density at radius 2 is 1.35 bits per heavy atom. The minimum Gasteiger partial charge on any atom is -0.390 e. The molecule has 0 radical (unpaired) electrons. The number of nitrogens with one attached hydrogen (secondary N) is 1. The van der Waals surface area contributed by atoms with E-state index in [-0.39, 0.29) is 5.60 Å². The summed E-state index contributed by atoms with van der Waals surface area (Å²) in [7, 11) is 0. The molecule has 0 aromatic rings. The van der Waals surface area contributed by atoms with Crippen molar-refractivity contribution in [3.8, 4) is 0 Å². The molecule has 20 heavy (non-hydrogen) atoms. The Bertz CT molecular complexity index is 254. The number of rotatable bonds is 10. The molecule has 2 aliphatic heterocycles. The van der Waals surface area contributed by atoms with Crippen LogP contribution in [0.5, 0.6) is 0 Å². The normalized spacial score (nSPS) is 32.7. The van der Waals surface area contributed by atoms with Crippen molar-refractivity contribution in [1.82, 2.24) is 5.32 Å². The molecule has 2 fully saturated rings. The number of fused-ring (bicyclic) bond motifs is 2. The highest BCUT2D eigenvalue weighted by Gasteiger charge is 2.41. The van der Waals surface area contributed by atoms with Crippen molar-refractivity contribution in [3.05, 3.63) is 0 Å². The van der Waals surface area contributed by atoms with Crippen molar-refractivity contribution in [2.75, 3.05) is 0 Å². The molecule has 118 valence electrons. The van der Waals surface area contributed by atoms with Crippen LogP contribution in [0, 0.1) is 0 Å². The molecule has 2 heteroatoms. The third-order valence-electron chi connectivity index (χ3n) is 5.33. The monoisotopic (exact) mass is 281 g/mol. The van der Waals surface area contributed by atoms with Crippen LogP contribution in [0.1, 0.15) is 96.8 Å². The highest BCUT2D eigenvalue weighted by molar-refractivity contribution is 4.99. The van der Waals surface area contributed by atoms with Crippen LogP contribution in [-0.4, -0.2) is 22.8 Å². The maximum atomic E-state index is 10.7. The summed E-state index contributed by atoms with van der Waals surface area (Å²) in [6, 6.07) is 1.22. The van der Waals surface area contributed by atoms with Gasteiger partial charge in [0, 0.05) is 12.1 Å². The zero-order valence-corrected chi connectivity index (χ0v) is 13.5. The van der Waals surface area contributed by atoms with Crippen molar-refractivity contribution in [2.24, 2.45) is 0 Å². The molecule has 2 aliphatic rings. The van der Waals surface area contributed by atoms with Crippen LogP contribution in [0.15, 0.2) is 0 Å². The summed E-state index contributed by atoms with van der Waals surface area (Å²) >= 11 is 0. The minimum absolute atomic E-state index is 0.335. The van der Waals surface area contributed by atoms with Gasteiger partial charge in [0.25, 0.3) is 0 Å². The van der Waals surface area contributed by atoms with Gasteiger partial charge in [-0.3, -0.25) is 0 Å². The van der Waals surface area contributed by atoms with Crippen LogP contribution in [-0.2, 0) is 0 Å². The molecule has 2 saturated heterocycles. The van der Waals surface area contributed by atoms with Gasteiger partial charge in [0.1, 0.15) is 0 Å². The first-order valence-corrected chi connectivity index (χ1v) is 9.20. The third kappa shape index (κ3) is 5.37. The molecule has 2 bridgehead atoms. The third-order valence-corrected chi connectivity index (χ3v) is 5.33. The van der Waals surface area contributed by atoms with Crippen LogP contribution >= 0.6 is 0 Å². The summed E-state index contributed by atoms with van der Waals surface area (Å²) in [5, 5.41) is 14.3. The van der Waals surface area contributed by atoms with Gasteiger partial charge in [-0.2, -0.15) is 0 Å². The zero-order chi connectivity index (χ0) is 14.3. The van der Waals surface area contributed by atoms with E-state index in [4.69, 9.17) is 0 Å². The van der Waals surface area contributed by atoms with E-state index in [2.05, 4.69) is 12.2 Å². The summed E-state index contributed by atoms with van der Waals surface area (Å²) in [5.41, 5.74) is -0.335. The predicted molar refractivity (Wildman–Crippen MR) is 86.0 cm³/mol. The van der Waals surface area contributed by atoms with E-state index in [1.165, 1.54) is 70.6 Å². The average molecular weight is 281 g/mol. The number of hydrogen-bond acceptors (Lipinski definition) is 2. The molecule has 0 aromatic heterocycles. The summed E-state index contributed by atoms with van der Waals surface area (Å²) in [5.74, 6) is 0. The Morgan fingerprint density at radius 1 is 0.850 bits per heavy atom. The average Bonchev–Trinajstić information content (AvgIpc) is 2.77. The first kappa shape index (κ1) is 16.3. The van der Waals surface area contributed by atoms with Gasteiger partial charge in [0.2, 0.25) is 0 Å². The zero-order valence-electron chi connectivity index (χ0n) is 13.5. The number of hydrogen-bond donors (Lipinski definition) is 2. The maximum absolute atomic E-state index is 10.7. The Kier molecular flexibility index (Phi) is 6.83. The van der Waals surface area contributed by atoms with Gasteiger partial charge in [-0.05, 0) is 32.1 Å². The predicted octanol–water partition coefficient (Wildman–Crippen LogP) is 4.55. The van der Waals surface area contributed by atoms with Crippen LogP contribution in [0.3, 0.4) is 0 Å². The molecule has 2 unspecified atom stereocenters. The lowest BCUT2D eigenvalue weighted by molar-refractivity contribution is -0.0159. The molecule has 0 spiro atoms. The number of aliphatic hydroxyl groups is 1. The molecular weight excluding hydrogens is 246 g/mol. The van der Waals surface area contributed by atoms with Crippen LogP contribution in [0.25, 0.3) is 0 Å². The second-order valence-corrected chi connectivity index (χ2v) is 7.35. The molecule has 0 aromatic carbocycles. The first-order valence-electron chi connectivity index (χ1n) is 9.20. The molecule has 2 rings (SSSR count). The Hall–Kier alpha value is -0.0800. The molecule has 2 nitrogen and oxygen atoms in total. The second-order valence-electron chi connectivity index (χ2n) is 7.35. The van der Waals surface area contributed by atoms with Gasteiger partial charge in [-0.15, -0.1) is 0 Å². The van der Waals surface area contributed by atoms with E-state index in [1.807, 2.05) is 0 Å². The van der Waals surface area contributed by atoms with Gasteiger partial charge in [-0.25, -0.2) is 0 Å². The van der Waals surface area contributed by atoms with Crippen LogP contribution < -0.4 is 5.32 Å². The highest BCUT2D eigenvalue weighted by Crippen LogP contribution is 2.37. The van der Waals surface area contributed by atoms with Gasteiger partial charge < -0.3 is 10.4 Å². The highest BCUT2D eigenvalue weighted by atomic mass is 16.3. The van der Waals surface area contributed by atoms with Gasteiger partial charge >= 0.3 is 0 Å². The molecular formula is C18H35NO. The quantitative estimate of drug-likeness (QED) is 0.576. The van der Waals surface area contributed by atoms with Gasteiger partial charge in [-0.1, -0.05) is 64.7 Å². The lowest BCUT2D eigenvalue weighted by Gasteiger charge is -2.37. The van der Waals surface area contributed by atoms with E-state index >= 15 is 0 Å². The van der Waals surface area contributed by atoms with Crippen molar-refractivity contribution in [1.29, 1.82) is 0 Å². The van der Waals surface area contributed by atoms with Crippen LogP contribution in [0.2, 0.25) is 0 Å². The van der Waals surface area contributed by atoms with Crippen LogP contribution in [0.4, 0.5) is 0 Å². The fourth-order valence-corrected chi connectivity index (χ4v) is 4.19. The molecule has 2 N–H and O–H groups in total. The molecule has 2 atom stereocenters. The van der Waals surface area contributed by atoms with E-state index in [9.17, 15) is 5.11 Å². The smallest absolute Gasteiger partial charge is 0.0677 e. The molecule has 0 aliphatic carbocycles. The largest absolute Gasteiger partial charge is 0.390 e. The van der Waals surface area contributed by atoms with E-state index in [0.717, 1.165) is 19.3 Å². The molecule has 0 saturated carbocycles. The SMILES string of the molecule is CCCCCCCCCCCC1(O)CC2CCC(C1)N2. The Labute approximate surface area is 125 Å². The van der Waals surface area contributed by atoms with Crippen molar-refractivity contribution in [3.63, 3.8) is 0 Å². The summed E-state index contributed by atoms with van der Waals surface area (Å²) < 4.78 is 0. The van der Waals surface area contributed by atoms with Crippen molar-refractivity contribution >= 4 is 0 Å². The van der Waals surface area contributed by atoms with E-state index < -0.39 is 0 Å². The second kappa shape index (κ2) is 8.38. The summed E-state index contributed by atoms with van der Waals surface area (Å²) in [6.45, 7) is 2.28. The number of piperidine rings is 1. The fourth-order valence-electron chi connectivity index (χ4n) is 4.19. The van der Waals surface area contributed by atoms with Crippen molar-refractivity contribution in [2.45, 2.75) is 114 Å². The van der Waals surface area contributed by atoms with E-state index in [0.29, 0.717) is 12.1 Å². The maximum Gasteiger partial charge on any atom is 0.0677 e. The molecule has 2 heterocycles. The molecule has 0 amide bonds. The van der Waals surface area contributed by atoms with Gasteiger partial charge in [0.15, 0.2) is 0 Å². The van der Waals surface area contributed by atoms with Gasteiger partial charge in [0.05, 0.1) is 5.60 Å². The Morgan fingerprint density at radius 3 is 1.90 bits per heavy atom.